The smallest absolute Gasteiger partial charge is 0.133 e. The van der Waals surface area contributed by atoms with Crippen LogP contribution in [0.2, 0.25) is 0 Å². The first-order chi connectivity index (χ1) is 7.29. The molecule has 0 amide bonds. The summed E-state index contributed by atoms with van der Waals surface area (Å²) in [5.41, 5.74) is 6.77. The summed E-state index contributed by atoms with van der Waals surface area (Å²) in [4.78, 5) is 0. The summed E-state index contributed by atoms with van der Waals surface area (Å²) in [6, 6.07) is 6.20. The van der Waals surface area contributed by atoms with Crippen LogP contribution in [0.25, 0.3) is 0 Å². The summed E-state index contributed by atoms with van der Waals surface area (Å²) in [7, 11) is 0. The number of hydrogen-bond acceptors (Lipinski definition) is 2. The van der Waals surface area contributed by atoms with Crippen molar-refractivity contribution in [1.29, 1.82) is 0 Å². The van der Waals surface area contributed by atoms with Crippen molar-refractivity contribution in [3.63, 3.8) is 0 Å². The van der Waals surface area contributed by atoms with Crippen LogP contribution >= 0.6 is 15.9 Å². The number of benzene rings is 1. The van der Waals surface area contributed by atoms with Crippen LogP contribution in [0, 0.1) is 5.92 Å². The van der Waals surface area contributed by atoms with Crippen LogP contribution in [0.4, 0.5) is 0 Å². The van der Waals surface area contributed by atoms with Gasteiger partial charge in [0.05, 0.1) is 11.1 Å². The molecule has 1 aromatic carbocycles. The van der Waals surface area contributed by atoms with Crippen molar-refractivity contribution in [2.75, 3.05) is 13.2 Å². The Labute approximate surface area is 98.9 Å². The molecule has 0 radical (unpaired) electrons. The summed E-state index contributed by atoms with van der Waals surface area (Å²) in [6.07, 6.45) is 3.55. The van der Waals surface area contributed by atoms with Gasteiger partial charge in [0.2, 0.25) is 0 Å². The first kappa shape index (κ1) is 11.0. The molecule has 1 aliphatic carbocycles. The number of ether oxygens (including phenoxy) is 1. The highest BCUT2D eigenvalue weighted by atomic mass is 79.9. The Bertz CT molecular complexity index is 336. The van der Waals surface area contributed by atoms with Gasteiger partial charge in [-0.05, 0) is 65.4 Å². The minimum absolute atomic E-state index is 0.684. The van der Waals surface area contributed by atoms with E-state index in [2.05, 4.69) is 28.1 Å². The molecule has 0 aliphatic heterocycles. The molecule has 1 fully saturated rings. The largest absolute Gasteiger partial charge is 0.492 e. The zero-order valence-corrected chi connectivity index (χ0v) is 10.3. The average molecular weight is 270 g/mol. The second-order valence-electron chi connectivity index (χ2n) is 4.06. The van der Waals surface area contributed by atoms with Gasteiger partial charge in [0, 0.05) is 0 Å². The van der Waals surface area contributed by atoms with E-state index >= 15 is 0 Å². The normalized spacial score (nSPS) is 15.3. The van der Waals surface area contributed by atoms with Crippen LogP contribution in [-0.4, -0.2) is 13.2 Å². The predicted molar refractivity (Wildman–Crippen MR) is 65.1 cm³/mol. The summed E-state index contributed by atoms with van der Waals surface area (Å²) in [5.74, 6) is 1.74. The highest BCUT2D eigenvalue weighted by Crippen LogP contribution is 2.32. The van der Waals surface area contributed by atoms with E-state index in [0.29, 0.717) is 6.54 Å². The fourth-order valence-electron chi connectivity index (χ4n) is 1.47. The second-order valence-corrected chi connectivity index (χ2v) is 4.91. The summed E-state index contributed by atoms with van der Waals surface area (Å²) in [6.45, 7) is 1.54. The van der Waals surface area contributed by atoms with Crippen LogP contribution in [0.3, 0.4) is 0 Å². The molecule has 0 atom stereocenters. The number of halogens is 1. The number of nitrogens with two attached hydrogens (primary N) is 1. The lowest BCUT2D eigenvalue weighted by Crippen LogP contribution is -2.04. The van der Waals surface area contributed by atoms with E-state index in [4.69, 9.17) is 10.5 Å². The van der Waals surface area contributed by atoms with Gasteiger partial charge in [-0.25, -0.2) is 0 Å². The van der Waals surface area contributed by atoms with Gasteiger partial charge in [0.15, 0.2) is 0 Å². The molecule has 1 aromatic rings. The molecule has 0 unspecified atom stereocenters. The van der Waals surface area contributed by atoms with Crippen molar-refractivity contribution < 1.29 is 4.74 Å². The second kappa shape index (κ2) is 4.99. The van der Waals surface area contributed by atoms with Gasteiger partial charge in [-0.1, -0.05) is 6.07 Å². The van der Waals surface area contributed by atoms with E-state index in [-0.39, 0.29) is 0 Å². The van der Waals surface area contributed by atoms with Crippen molar-refractivity contribution in [2.45, 2.75) is 19.3 Å². The first-order valence-corrected chi connectivity index (χ1v) is 6.20. The van der Waals surface area contributed by atoms with Gasteiger partial charge in [0.1, 0.15) is 5.75 Å². The molecule has 82 valence electrons. The zero-order valence-electron chi connectivity index (χ0n) is 8.71. The molecule has 1 saturated carbocycles. The van der Waals surface area contributed by atoms with Crippen molar-refractivity contribution in [3.8, 4) is 5.75 Å². The Kier molecular flexibility index (Phi) is 3.65. The van der Waals surface area contributed by atoms with Gasteiger partial charge in [-0.3, -0.25) is 0 Å². The van der Waals surface area contributed by atoms with E-state index in [9.17, 15) is 0 Å². The van der Waals surface area contributed by atoms with E-state index < -0.39 is 0 Å². The van der Waals surface area contributed by atoms with E-state index in [1.807, 2.05) is 6.07 Å². The molecule has 0 heterocycles. The third kappa shape index (κ3) is 3.21. The lowest BCUT2D eigenvalue weighted by Gasteiger charge is -2.09. The quantitative estimate of drug-likeness (QED) is 0.892. The lowest BCUT2D eigenvalue weighted by atomic mass is 10.1. The highest BCUT2D eigenvalue weighted by molar-refractivity contribution is 9.10. The topological polar surface area (TPSA) is 35.2 Å². The molecule has 0 bridgehead atoms. The Balaban J connectivity index is 2.01. The Morgan fingerprint density at radius 3 is 2.87 bits per heavy atom. The SMILES string of the molecule is NCCc1ccc(Br)c(OCC2CC2)c1. The maximum Gasteiger partial charge on any atom is 0.133 e. The Hall–Kier alpha value is -0.540. The van der Waals surface area contributed by atoms with Crippen molar-refractivity contribution >= 4 is 15.9 Å². The van der Waals surface area contributed by atoms with Crippen LogP contribution in [0.1, 0.15) is 18.4 Å². The van der Waals surface area contributed by atoms with Crippen LogP contribution in [-0.2, 0) is 6.42 Å². The van der Waals surface area contributed by atoms with Crippen LogP contribution in [0.5, 0.6) is 5.75 Å². The van der Waals surface area contributed by atoms with Crippen molar-refractivity contribution in [3.05, 3.63) is 28.2 Å². The average Bonchev–Trinajstić information content (AvgIpc) is 3.03. The molecule has 0 aromatic heterocycles. The highest BCUT2D eigenvalue weighted by Gasteiger charge is 2.22. The maximum absolute atomic E-state index is 5.76. The number of hydrogen-bond donors (Lipinski definition) is 1. The standard InChI is InChI=1S/C12H16BrNO/c13-11-4-3-9(5-6-14)7-12(11)15-8-10-1-2-10/h3-4,7,10H,1-2,5-6,8,14H2. The summed E-state index contributed by atoms with van der Waals surface area (Å²) >= 11 is 3.50. The van der Waals surface area contributed by atoms with Gasteiger partial charge in [-0.15, -0.1) is 0 Å². The number of rotatable bonds is 5. The maximum atomic E-state index is 5.76. The van der Waals surface area contributed by atoms with Crippen molar-refractivity contribution in [1.82, 2.24) is 0 Å². The van der Waals surface area contributed by atoms with Crippen LogP contribution < -0.4 is 10.5 Å². The molecule has 1 aliphatic rings. The molecule has 3 heteroatoms. The fourth-order valence-corrected chi connectivity index (χ4v) is 1.83. The predicted octanol–water partition coefficient (Wildman–Crippen LogP) is 2.74. The molecule has 0 saturated heterocycles. The van der Waals surface area contributed by atoms with Gasteiger partial charge >= 0.3 is 0 Å². The van der Waals surface area contributed by atoms with Crippen LogP contribution in [0.15, 0.2) is 22.7 Å². The summed E-state index contributed by atoms with van der Waals surface area (Å²) < 4.78 is 6.79. The van der Waals surface area contributed by atoms with E-state index in [1.54, 1.807) is 0 Å². The fraction of sp³-hybridized carbons (Fsp3) is 0.500. The molecule has 2 N–H and O–H groups in total. The first-order valence-electron chi connectivity index (χ1n) is 5.41. The minimum Gasteiger partial charge on any atom is -0.492 e. The Morgan fingerprint density at radius 1 is 1.40 bits per heavy atom. The van der Waals surface area contributed by atoms with E-state index in [0.717, 1.165) is 29.2 Å². The monoisotopic (exact) mass is 269 g/mol. The third-order valence-electron chi connectivity index (χ3n) is 2.60. The van der Waals surface area contributed by atoms with Gasteiger partial charge < -0.3 is 10.5 Å². The molecular formula is C12H16BrNO. The third-order valence-corrected chi connectivity index (χ3v) is 3.26. The van der Waals surface area contributed by atoms with Crippen molar-refractivity contribution in [2.24, 2.45) is 11.7 Å². The summed E-state index contributed by atoms with van der Waals surface area (Å²) in [5, 5.41) is 0. The van der Waals surface area contributed by atoms with Gasteiger partial charge in [0.25, 0.3) is 0 Å². The molecule has 2 nitrogen and oxygen atoms in total. The molecular weight excluding hydrogens is 254 g/mol. The van der Waals surface area contributed by atoms with E-state index in [1.165, 1.54) is 18.4 Å². The van der Waals surface area contributed by atoms with Gasteiger partial charge in [-0.2, -0.15) is 0 Å². The zero-order chi connectivity index (χ0) is 10.7. The minimum atomic E-state index is 0.684. The molecule has 2 rings (SSSR count). The molecule has 15 heavy (non-hydrogen) atoms. The molecule has 0 spiro atoms. The Morgan fingerprint density at radius 2 is 2.20 bits per heavy atom. The lowest BCUT2D eigenvalue weighted by molar-refractivity contribution is 0.297.